The molecule has 1 aromatic heterocycles. The van der Waals surface area contributed by atoms with E-state index in [0.29, 0.717) is 17.9 Å². The Morgan fingerprint density at radius 2 is 2.12 bits per heavy atom. The van der Waals surface area contributed by atoms with Gasteiger partial charge in [0.05, 0.1) is 12.6 Å². The third kappa shape index (κ3) is 2.68. The summed E-state index contributed by atoms with van der Waals surface area (Å²) in [5, 5.41) is 15.2. The van der Waals surface area contributed by atoms with Crippen LogP contribution >= 0.6 is 11.3 Å². The number of rotatable bonds is 2. The molecule has 96 valence electrons. The smallest absolute Gasteiger partial charge is 0.394 e. The highest BCUT2D eigenvalue weighted by molar-refractivity contribution is 7.15. The van der Waals surface area contributed by atoms with Crippen molar-refractivity contribution in [3.05, 3.63) is 5.01 Å². The van der Waals surface area contributed by atoms with E-state index in [1.54, 1.807) is 4.90 Å². The lowest BCUT2D eigenvalue weighted by Crippen LogP contribution is -2.41. The maximum atomic E-state index is 12.4. The number of piperidine rings is 1. The highest BCUT2D eigenvalue weighted by Crippen LogP contribution is 2.35. The Morgan fingerprint density at radius 3 is 2.71 bits per heavy atom. The van der Waals surface area contributed by atoms with Crippen LogP contribution in [0.25, 0.3) is 0 Å². The Hall–Kier alpha value is -0.890. The van der Waals surface area contributed by atoms with Crippen molar-refractivity contribution in [1.82, 2.24) is 10.2 Å². The standard InChI is InChI=1S/C9H12F3N3OS/c10-9(11,12)7-13-14-8(17-7)15-4-2-1-3-6(15)5-16/h6,16H,1-5H2. The van der Waals surface area contributed by atoms with Crippen molar-refractivity contribution in [2.24, 2.45) is 0 Å². The molecular weight excluding hydrogens is 255 g/mol. The van der Waals surface area contributed by atoms with Gasteiger partial charge in [0.1, 0.15) is 0 Å². The van der Waals surface area contributed by atoms with Crippen LogP contribution in [0.5, 0.6) is 0 Å². The number of aromatic nitrogens is 2. The highest BCUT2D eigenvalue weighted by Gasteiger charge is 2.37. The first-order valence-corrected chi connectivity index (χ1v) is 6.12. The molecule has 1 unspecified atom stereocenters. The van der Waals surface area contributed by atoms with E-state index in [9.17, 15) is 18.3 Å². The molecule has 4 nitrogen and oxygen atoms in total. The molecule has 1 saturated heterocycles. The second kappa shape index (κ2) is 4.77. The van der Waals surface area contributed by atoms with Crippen LogP contribution in [-0.4, -0.2) is 34.5 Å². The van der Waals surface area contributed by atoms with Gasteiger partial charge in [-0.3, -0.25) is 0 Å². The Kier molecular flexibility index (Phi) is 3.53. The predicted molar refractivity (Wildman–Crippen MR) is 57.0 cm³/mol. The Morgan fingerprint density at radius 1 is 1.35 bits per heavy atom. The van der Waals surface area contributed by atoms with E-state index in [1.165, 1.54) is 0 Å². The summed E-state index contributed by atoms with van der Waals surface area (Å²) < 4.78 is 37.2. The lowest BCUT2D eigenvalue weighted by Gasteiger charge is -2.33. The minimum atomic E-state index is -4.44. The van der Waals surface area contributed by atoms with Crippen LogP contribution in [-0.2, 0) is 6.18 Å². The summed E-state index contributed by atoms with van der Waals surface area (Å²) in [7, 11) is 0. The summed E-state index contributed by atoms with van der Waals surface area (Å²) in [6.45, 7) is 0.554. The minimum absolute atomic E-state index is 0.0685. The first-order chi connectivity index (χ1) is 8.02. The highest BCUT2D eigenvalue weighted by atomic mass is 32.1. The molecule has 0 spiro atoms. The summed E-state index contributed by atoms with van der Waals surface area (Å²) >= 11 is 0.533. The molecule has 0 bridgehead atoms. The fourth-order valence-corrected chi connectivity index (χ4v) is 2.70. The second-order valence-electron chi connectivity index (χ2n) is 3.91. The lowest BCUT2D eigenvalue weighted by atomic mass is 10.0. The van der Waals surface area contributed by atoms with Gasteiger partial charge in [0.15, 0.2) is 0 Å². The van der Waals surface area contributed by atoms with Crippen molar-refractivity contribution in [2.75, 3.05) is 18.1 Å². The summed E-state index contributed by atoms with van der Waals surface area (Å²) in [4.78, 5) is 1.72. The zero-order valence-electron chi connectivity index (χ0n) is 8.94. The SMILES string of the molecule is OCC1CCCCN1c1nnc(C(F)(F)F)s1. The van der Waals surface area contributed by atoms with E-state index in [2.05, 4.69) is 10.2 Å². The topological polar surface area (TPSA) is 49.2 Å². The van der Waals surface area contributed by atoms with Gasteiger partial charge < -0.3 is 10.0 Å². The predicted octanol–water partition coefficient (Wildman–Crippen LogP) is 1.91. The van der Waals surface area contributed by atoms with Gasteiger partial charge in [0, 0.05) is 6.54 Å². The summed E-state index contributed by atoms with van der Waals surface area (Å²) in [5.41, 5.74) is 0. The molecule has 0 saturated carbocycles. The molecule has 1 atom stereocenters. The minimum Gasteiger partial charge on any atom is -0.394 e. The van der Waals surface area contributed by atoms with E-state index in [-0.39, 0.29) is 17.8 Å². The molecule has 1 fully saturated rings. The zero-order valence-corrected chi connectivity index (χ0v) is 9.76. The van der Waals surface area contributed by atoms with Gasteiger partial charge in [-0.1, -0.05) is 11.3 Å². The van der Waals surface area contributed by atoms with E-state index < -0.39 is 11.2 Å². The first kappa shape index (κ1) is 12.6. The molecular formula is C9H12F3N3OS. The average molecular weight is 267 g/mol. The number of halogens is 3. The van der Waals surface area contributed by atoms with Crippen molar-refractivity contribution < 1.29 is 18.3 Å². The van der Waals surface area contributed by atoms with E-state index in [4.69, 9.17) is 0 Å². The summed E-state index contributed by atoms with van der Waals surface area (Å²) in [6.07, 6.45) is -1.79. The largest absolute Gasteiger partial charge is 0.445 e. The van der Waals surface area contributed by atoms with Crippen molar-refractivity contribution >= 4 is 16.5 Å². The van der Waals surface area contributed by atoms with Crippen molar-refractivity contribution in [1.29, 1.82) is 0 Å². The molecule has 0 radical (unpaired) electrons. The molecule has 0 aromatic carbocycles. The van der Waals surface area contributed by atoms with Gasteiger partial charge in [0.25, 0.3) is 0 Å². The Labute approximate surface area is 100 Å². The van der Waals surface area contributed by atoms with Gasteiger partial charge in [-0.25, -0.2) is 0 Å². The van der Waals surface area contributed by atoms with Gasteiger partial charge in [-0.15, -0.1) is 10.2 Å². The molecule has 1 N–H and O–H groups in total. The molecule has 1 aromatic rings. The number of nitrogens with zero attached hydrogens (tertiary/aromatic N) is 3. The lowest BCUT2D eigenvalue weighted by molar-refractivity contribution is -0.138. The third-order valence-corrected chi connectivity index (χ3v) is 3.75. The molecule has 0 aliphatic carbocycles. The number of alkyl halides is 3. The molecule has 2 rings (SSSR count). The molecule has 17 heavy (non-hydrogen) atoms. The van der Waals surface area contributed by atoms with Gasteiger partial charge >= 0.3 is 6.18 Å². The van der Waals surface area contributed by atoms with Crippen LogP contribution in [0.3, 0.4) is 0 Å². The fraction of sp³-hybridized carbons (Fsp3) is 0.778. The van der Waals surface area contributed by atoms with Crippen LogP contribution in [0.15, 0.2) is 0 Å². The first-order valence-electron chi connectivity index (χ1n) is 5.30. The maximum Gasteiger partial charge on any atom is 0.445 e. The molecule has 2 heterocycles. The number of hydrogen-bond donors (Lipinski definition) is 1. The average Bonchev–Trinajstić information content (AvgIpc) is 2.77. The molecule has 8 heteroatoms. The third-order valence-electron chi connectivity index (χ3n) is 2.74. The van der Waals surface area contributed by atoms with Gasteiger partial charge in [-0.2, -0.15) is 13.2 Å². The number of anilines is 1. The van der Waals surface area contributed by atoms with Crippen LogP contribution in [0, 0.1) is 0 Å². The number of aliphatic hydroxyl groups is 1. The van der Waals surface area contributed by atoms with E-state index >= 15 is 0 Å². The normalized spacial score (nSPS) is 21.9. The summed E-state index contributed by atoms with van der Waals surface area (Å²) in [5.74, 6) is 0. The maximum absolute atomic E-state index is 12.4. The van der Waals surface area contributed by atoms with Crippen LogP contribution < -0.4 is 4.90 Å². The van der Waals surface area contributed by atoms with E-state index in [1.807, 2.05) is 0 Å². The van der Waals surface area contributed by atoms with E-state index in [0.717, 1.165) is 19.3 Å². The Balaban J connectivity index is 2.18. The zero-order chi connectivity index (χ0) is 12.5. The van der Waals surface area contributed by atoms with Crippen LogP contribution in [0.1, 0.15) is 24.3 Å². The summed E-state index contributed by atoms with van der Waals surface area (Å²) in [6, 6.07) is -0.141. The van der Waals surface area contributed by atoms with Gasteiger partial charge in [-0.05, 0) is 19.3 Å². The van der Waals surface area contributed by atoms with Crippen LogP contribution in [0.4, 0.5) is 18.3 Å². The van der Waals surface area contributed by atoms with Gasteiger partial charge in [0.2, 0.25) is 10.1 Å². The van der Waals surface area contributed by atoms with Crippen molar-refractivity contribution in [3.63, 3.8) is 0 Å². The monoisotopic (exact) mass is 267 g/mol. The van der Waals surface area contributed by atoms with Crippen molar-refractivity contribution in [3.8, 4) is 0 Å². The Bertz CT molecular complexity index is 382. The van der Waals surface area contributed by atoms with Crippen LogP contribution in [0.2, 0.25) is 0 Å². The quantitative estimate of drug-likeness (QED) is 0.889. The number of hydrogen-bond acceptors (Lipinski definition) is 5. The second-order valence-corrected chi connectivity index (χ2v) is 4.87. The fourth-order valence-electron chi connectivity index (χ4n) is 1.89. The number of aliphatic hydroxyl groups excluding tert-OH is 1. The molecule has 1 aliphatic rings. The van der Waals surface area contributed by atoms with Crippen molar-refractivity contribution in [2.45, 2.75) is 31.5 Å². The molecule has 0 amide bonds. The molecule has 1 aliphatic heterocycles.